The lowest BCUT2D eigenvalue weighted by Gasteiger charge is -2.26. The number of hydrogen-bond acceptors (Lipinski definition) is 3. The summed E-state index contributed by atoms with van der Waals surface area (Å²) in [6.07, 6.45) is 2.56. The molecule has 1 aliphatic carbocycles. The molecule has 5 nitrogen and oxygen atoms in total. The van der Waals surface area contributed by atoms with E-state index in [1.54, 1.807) is 4.90 Å². The van der Waals surface area contributed by atoms with Gasteiger partial charge < -0.3 is 14.7 Å². The van der Waals surface area contributed by atoms with Crippen molar-refractivity contribution in [3.05, 3.63) is 0 Å². The second-order valence-electron chi connectivity index (χ2n) is 4.96. The van der Waals surface area contributed by atoms with Crippen molar-refractivity contribution < 1.29 is 19.4 Å². The van der Waals surface area contributed by atoms with Crippen molar-refractivity contribution >= 4 is 11.9 Å². The maximum atomic E-state index is 12.3. The molecule has 0 bridgehead atoms. The number of aliphatic carboxylic acids is 1. The fourth-order valence-corrected chi connectivity index (χ4v) is 2.25. The van der Waals surface area contributed by atoms with Crippen molar-refractivity contribution in [1.29, 1.82) is 0 Å². The molecule has 0 spiro atoms. The molecule has 96 valence electrons. The molecule has 2 unspecified atom stereocenters. The first-order valence-electron chi connectivity index (χ1n) is 6.23. The van der Waals surface area contributed by atoms with E-state index in [0.717, 1.165) is 19.3 Å². The predicted molar refractivity (Wildman–Crippen MR) is 60.5 cm³/mol. The van der Waals surface area contributed by atoms with Crippen LogP contribution in [0.2, 0.25) is 0 Å². The average Bonchev–Trinajstić information content (AvgIpc) is 3.00. The summed E-state index contributed by atoms with van der Waals surface area (Å²) in [6, 6.07) is 0.248. The van der Waals surface area contributed by atoms with Crippen LogP contribution in [0.1, 0.15) is 32.6 Å². The molecule has 1 saturated carbocycles. The Balaban J connectivity index is 1.95. The van der Waals surface area contributed by atoms with Crippen molar-refractivity contribution in [2.24, 2.45) is 5.92 Å². The van der Waals surface area contributed by atoms with Crippen LogP contribution >= 0.6 is 0 Å². The molecular formula is C12H19NO4. The van der Waals surface area contributed by atoms with E-state index in [2.05, 4.69) is 0 Å². The zero-order valence-corrected chi connectivity index (χ0v) is 10.1. The van der Waals surface area contributed by atoms with Gasteiger partial charge in [-0.25, -0.2) is 0 Å². The summed E-state index contributed by atoms with van der Waals surface area (Å²) < 4.78 is 5.45. The third-order valence-electron chi connectivity index (χ3n) is 3.47. The van der Waals surface area contributed by atoms with Gasteiger partial charge in [-0.15, -0.1) is 0 Å². The highest BCUT2D eigenvalue weighted by Crippen LogP contribution is 2.30. The van der Waals surface area contributed by atoms with Gasteiger partial charge in [0.25, 0.3) is 5.91 Å². The van der Waals surface area contributed by atoms with Gasteiger partial charge in [-0.1, -0.05) is 6.92 Å². The number of hydrogen-bond donors (Lipinski definition) is 1. The van der Waals surface area contributed by atoms with Gasteiger partial charge in [0.2, 0.25) is 0 Å². The molecule has 1 amide bonds. The number of carbonyl (C=O) groups is 2. The number of rotatable bonds is 5. The lowest BCUT2D eigenvalue weighted by Crippen LogP contribution is -2.43. The quantitative estimate of drug-likeness (QED) is 0.775. The number of nitrogens with zero attached hydrogens (tertiary/aromatic N) is 1. The van der Waals surface area contributed by atoms with E-state index in [-0.39, 0.29) is 30.4 Å². The Labute approximate surface area is 101 Å². The zero-order valence-electron chi connectivity index (χ0n) is 10.1. The Hall–Kier alpha value is -1.10. The highest BCUT2D eigenvalue weighted by Gasteiger charge is 2.39. The van der Waals surface area contributed by atoms with Gasteiger partial charge in [-0.05, 0) is 25.2 Å². The van der Waals surface area contributed by atoms with Crippen molar-refractivity contribution in [2.45, 2.75) is 44.8 Å². The molecule has 5 heteroatoms. The SMILES string of the molecule is CC1CCOC1C(=O)N(CCC(=O)O)C1CC1. The molecule has 17 heavy (non-hydrogen) atoms. The Kier molecular flexibility index (Phi) is 3.66. The molecular weight excluding hydrogens is 222 g/mol. The first kappa shape index (κ1) is 12.4. The predicted octanol–water partition coefficient (Wildman–Crippen LogP) is 0.877. The van der Waals surface area contributed by atoms with Gasteiger partial charge in [0, 0.05) is 19.2 Å². The third-order valence-corrected chi connectivity index (χ3v) is 3.47. The standard InChI is InChI=1S/C12H19NO4/c1-8-5-7-17-11(8)12(16)13(9-2-3-9)6-4-10(14)15/h8-9,11H,2-7H2,1H3,(H,14,15). The lowest BCUT2D eigenvalue weighted by atomic mass is 10.0. The highest BCUT2D eigenvalue weighted by molar-refractivity contribution is 5.82. The third kappa shape index (κ3) is 2.97. The first-order valence-corrected chi connectivity index (χ1v) is 6.23. The van der Waals surface area contributed by atoms with Crippen LogP contribution in [0, 0.1) is 5.92 Å². The van der Waals surface area contributed by atoms with E-state index < -0.39 is 5.97 Å². The first-order chi connectivity index (χ1) is 8.09. The summed E-state index contributed by atoms with van der Waals surface area (Å²) in [6.45, 7) is 2.96. The fraction of sp³-hybridized carbons (Fsp3) is 0.833. The van der Waals surface area contributed by atoms with Crippen LogP contribution in [0.5, 0.6) is 0 Å². The van der Waals surface area contributed by atoms with E-state index in [1.165, 1.54) is 0 Å². The Morgan fingerprint density at radius 2 is 2.06 bits per heavy atom. The average molecular weight is 241 g/mol. The van der Waals surface area contributed by atoms with Crippen molar-refractivity contribution in [3.8, 4) is 0 Å². The number of carboxylic acids is 1. The van der Waals surface area contributed by atoms with Crippen LogP contribution in [-0.4, -0.2) is 47.2 Å². The lowest BCUT2D eigenvalue weighted by molar-refractivity contribution is -0.144. The Morgan fingerprint density at radius 3 is 2.53 bits per heavy atom. The molecule has 1 aliphatic heterocycles. The van der Waals surface area contributed by atoms with Crippen molar-refractivity contribution in [3.63, 3.8) is 0 Å². The van der Waals surface area contributed by atoms with Gasteiger partial charge in [0.1, 0.15) is 6.10 Å². The summed E-state index contributed by atoms with van der Waals surface area (Å²) >= 11 is 0. The van der Waals surface area contributed by atoms with Crippen LogP contribution in [0.15, 0.2) is 0 Å². The minimum Gasteiger partial charge on any atom is -0.481 e. The number of amides is 1. The molecule has 0 aromatic heterocycles. The van der Waals surface area contributed by atoms with Gasteiger partial charge in [0.15, 0.2) is 0 Å². The molecule has 2 rings (SSSR count). The largest absolute Gasteiger partial charge is 0.481 e. The van der Waals surface area contributed by atoms with E-state index in [4.69, 9.17) is 9.84 Å². The summed E-state index contributed by atoms with van der Waals surface area (Å²) in [5.74, 6) is -0.629. The summed E-state index contributed by atoms with van der Waals surface area (Å²) in [4.78, 5) is 24.6. The second-order valence-corrected chi connectivity index (χ2v) is 4.96. The molecule has 0 radical (unpaired) electrons. The van der Waals surface area contributed by atoms with Crippen LogP contribution in [0.3, 0.4) is 0 Å². The molecule has 0 aromatic carbocycles. The van der Waals surface area contributed by atoms with Gasteiger partial charge in [0.05, 0.1) is 6.42 Å². The molecule has 2 atom stereocenters. The maximum absolute atomic E-state index is 12.3. The Bertz CT molecular complexity index is 314. The normalized spacial score (nSPS) is 28.1. The van der Waals surface area contributed by atoms with Gasteiger partial charge in [-0.3, -0.25) is 9.59 Å². The smallest absolute Gasteiger partial charge is 0.305 e. The number of carbonyl (C=O) groups excluding carboxylic acids is 1. The van der Waals surface area contributed by atoms with Gasteiger partial charge >= 0.3 is 5.97 Å². The van der Waals surface area contributed by atoms with Crippen LogP contribution < -0.4 is 0 Å². The van der Waals surface area contributed by atoms with Crippen LogP contribution in [-0.2, 0) is 14.3 Å². The summed E-state index contributed by atoms with van der Waals surface area (Å²) in [5.41, 5.74) is 0. The molecule has 0 aromatic rings. The van der Waals surface area contributed by atoms with Crippen LogP contribution in [0.4, 0.5) is 0 Å². The summed E-state index contributed by atoms with van der Waals surface area (Å²) in [7, 11) is 0. The fourth-order valence-electron chi connectivity index (χ4n) is 2.25. The van der Waals surface area contributed by atoms with E-state index in [0.29, 0.717) is 13.2 Å². The van der Waals surface area contributed by atoms with Gasteiger partial charge in [-0.2, -0.15) is 0 Å². The van der Waals surface area contributed by atoms with E-state index >= 15 is 0 Å². The number of ether oxygens (including phenoxy) is 1. The summed E-state index contributed by atoms with van der Waals surface area (Å²) in [5, 5.41) is 8.69. The monoisotopic (exact) mass is 241 g/mol. The molecule has 1 N–H and O–H groups in total. The molecule has 1 heterocycles. The van der Waals surface area contributed by atoms with Crippen molar-refractivity contribution in [2.75, 3.05) is 13.2 Å². The minimum atomic E-state index is -0.858. The molecule has 2 aliphatic rings. The zero-order chi connectivity index (χ0) is 12.4. The minimum absolute atomic E-state index is 0.0150. The van der Waals surface area contributed by atoms with Crippen molar-refractivity contribution in [1.82, 2.24) is 4.90 Å². The Morgan fingerprint density at radius 1 is 1.35 bits per heavy atom. The van der Waals surface area contributed by atoms with E-state index in [1.807, 2.05) is 6.92 Å². The van der Waals surface area contributed by atoms with E-state index in [9.17, 15) is 9.59 Å². The maximum Gasteiger partial charge on any atom is 0.305 e. The topological polar surface area (TPSA) is 66.8 Å². The number of carboxylic acid groups (broad SMARTS) is 1. The second kappa shape index (κ2) is 5.04. The highest BCUT2D eigenvalue weighted by atomic mass is 16.5. The van der Waals surface area contributed by atoms with Crippen LogP contribution in [0.25, 0.3) is 0 Å². The molecule has 1 saturated heterocycles. The molecule has 2 fully saturated rings.